The first-order valence-corrected chi connectivity index (χ1v) is 7.57. The van der Waals surface area contributed by atoms with Crippen LogP contribution in [0.15, 0.2) is 27.7 Å². The molecule has 1 aliphatic heterocycles. The van der Waals surface area contributed by atoms with Crippen LogP contribution in [0.2, 0.25) is 0 Å². The molecule has 0 amide bonds. The van der Waals surface area contributed by atoms with Crippen LogP contribution in [-0.2, 0) is 6.42 Å². The molecule has 4 nitrogen and oxygen atoms in total. The van der Waals surface area contributed by atoms with Crippen molar-refractivity contribution in [3.8, 4) is 0 Å². The zero-order chi connectivity index (χ0) is 13.1. The van der Waals surface area contributed by atoms with E-state index in [1.807, 2.05) is 5.38 Å². The smallest absolute Gasteiger partial charge is 0.251 e. The van der Waals surface area contributed by atoms with Gasteiger partial charge in [0.1, 0.15) is 5.82 Å². The van der Waals surface area contributed by atoms with E-state index in [1.165, 1.54) is 5.56 Å². The molecule has 0 aliphatic carbocycles. The summed E-state index contributed by atoms with van der Waals surface area (Å²) in [7, 11) is 0. The Balaban J connectivity index is 1.85. The Hall–Kier alpha value is -1.46. The summed E-state index contributed by atoms with van der Waals surface area (Å²) in [4.78, 5) is 19.3. The third-order valence-electron chi connectivity index (χ3n) is 3.48. The van der Waals surface area contributed by atoms with Gasteiger partial charge in [-0.15, -0.1) is 0 Å². The first kappa shape index (κ1) is 12.6. The highest BCUT2D eigenvalue weighted by molar-refractivity contribution is 7.07. The standard InChI is InChI=1S/C14H17N3OS/c18-14-7-12(11-2-1-4-15-8-11)16-13(17-14)6-10-3-5-19-9-10/h3,5,7,9,11,15H,1-2,4,6,8H2,(H,16,17,18)/t11-/m1/s1. The van der Waals surface area contributed by atoms with E-state index in [2.05, 4.69) is 26.7 Å². The number of hydrogen-bond acceptors (Lipinski definition) is 4. The second-order valence-corrected chi connectivity index (χ2v) is 5.75. The number of H-pyrrole nitrogens is 1. The molecule has 2 aromatic heterocycles. The lowest BCUT2D eigenvalue weighted by molar-refractivity contribution is 0.453. The molecule has 1 fully saturated rings. The van der Waals surface area contributed by atoms with E-state index in [9.17, 15) is 4.79 Å². The van der Waals surface area contributed by atoms with E-state index in [-0.39, 0.29) is 5.56 Å². The minimum Gasteiger partial charge on any atom is -0.316 e. The van der Waals surface area contributed by atoms with Gasteiger partial charge in [0.15, 0.2) is 0 Å². The molecule has 3 rings (SSSR count). The molecule has 0 radical (unpaired) electrons. The van der Waals surface area contributed by atoms with Gasteiger partial charge < -0.3 is 10.3 Å². The molecule has 0 saturated carbocycles. The Bertz CT molecular complexity index is 585. The van der Waals surface area contributed by atoms with Crippen LogP contribution in [-0.4, -0.2) is 23.1 Å². The average molecular weight is 275 g/mol. The fourth-order valence-corrected chi connectivity index (χ4v) is 3.18. The number of piperidine rings is 1. The van der Waals surface area contributed by atoms with Crippen LogP contribution < -0.4 is 10.9 Å². The van der Waals surface area contributed by atoms with Crippen molar-refractivity contribution < 1.29 is 0 Å². The quantitative estimate of drug-likeness (QED) is 0.899. The summed E-state index contributed by atoms with van der Waals surface area (Å²) in [5.41, 5.74) is 2.09. The zero-order valence-corrected chi connectivity index (χ0v) is 11.5. The fraction of sp³-hybridized carbons (Fsp3) is 0.429. The van der Waals surface area contributed by atoms with Gasteiger partial charge in [-0.1, -0.05) is 0 Å². The Kier molecular flexibility index (Phi) is 3.75. The lowest BCUT2D eigenvalue weighted by atomic mass is 9.96. The van der Waals surface area contributed by atoms with Crippen LogP contribution in [0.3, 0.4) is 0 Å². The molecule has 5 heteroatoms. The highest BCUT2D eigenvalue weighted by Gasteiger charge is 2.17. The van der Waals surface area contributed by atoms with Crippen LogP contribution in [0.4, 0.5) is 0 Å². The number of nitrogens with zero attached hydrogens (tertiary/aromatic N) is 1. The SMILES string of the molecule is O=c1cc([C@@H]2CCCNC2)nc(Cc2ccsc2)[nH]1. The minimum atomic E-state index is -0.0409. The summed E-state index contributed by atoms with van der Waals surface area (Å²) < 4.78 is 0. The Morgan fingerprint density at radius 3 is 3.16 bits per heavy atom. The van der Waals surface area contributed by atoms with Crippen molar-refractivity contribution in [2.24, 2.45) is 0 Å². The first-order chi connectivity index (χ1) is 9.31. The highest BCUT2D eigenvalue weighted by atomic mass is 32.1. The highest BCUT2D eigenvalue weighted by Crippen LogP contribution is 2.20. The largest absolute Gasteiger partial charge is 0.316 e. The van der Waals surface area contributed by atoms with Crippen LogP contribution in [0.1, 0.15) is 35.8 Å². The zero-order valence-electron chi connectivity index (χ0n) is 10.7. The summed E-state index contributed by atoms with van der Waals surface area (Å²) in [6, 6.07) is 3.72. The predicted molar refractivity (Wildman–Crippen MR) is 76.8 cm³/mol. The summed E-state index contributed by atoms with van der Waals surface area (Å²) in [5.74, 6) is 1.14. The molecule has 0 aromatic carbocycles. The van der Waals surface area contributed by atoms with E-state index in [1.54, 1.807) is 17.4 Å². The molecule has 1 aliphatic rings. The third kappa shape index (κ3) is 3.11. The van der Waals surface area contributed by atoms with Gasteiger partial charge in [-0.2, -0.15) is 11.3 Å². The summed E-state index contributed by atoms with van der Waals surface area (Å²) in [5, 5.41) is 7.50. The van der Waals surface area contributed by atoms with Gasteiger partial charge in [-0.3, -0.25) is 4.79 Å². The molecule has 19 heavy (non-hydrogen) atoms. The lowest BCUT2D eigenvalue weighted by Gasteiger charge is -2.22. The van der Waals surface area contributed by atoms with Gasteiger partial charge >= 0.3 is 0 Å². The molecule has 0 bridgehead atoms. The molecule has 0 spiro atoms. The van der Waals surface area contributed by atoms with Crippen molar-refractivity contribution in [3.05, 3.63) is 50.3 Å². The minimum absolute atomic E-state index is 0.0409. The average Bonchev–Trinajstić information content (AvgIpc) is 2.92. The maximum absolute atomic E-state index is 11.8. The lowest BCUT2D eigenvalue weighted by Crippen LogP contribution is -2.30. The second kappa shape index (κ2) is 5.67. The molecule has 1 atom stereocenters. The van der Waals surface area contributed by atoms with Crippen molar-refractivity contribution in [2.45, 2.75) is 25.2 Å². The van der Waals surface area contributed by atoms with E-state index in [0.29, 0.717) is 12.3 Å². The Morgan fingerprint density at radius 1 is 1.47 bits per heavy atom. The van der Waals surface area contributed by atoms with E-state index in [4.69, 9.17) is 0 Å². The van der Waals surface area contributed by atoms with Crippen molar-refractivity contribution >= 4 is 11.3 Å². The van der Waals surface area contributed by atoms with Crippen LogP contribution in [0.25, 0.3) is 0 Å². The number of rotatable bonds is 3. The van der Waals surface area contributed by atoms with Crippen LogP contribution >= 0.6 is 11.3 Å². The third-order valence-corrected chi connectivity index (χ3v) is 4.21. The maximum Gasteiger partial charge on any atom is 0.251 e. The maximum atomic E-state index is 11.8. The molecule has 3 heterocycles. The summed E-state index contributed by atoms with van der Waals surface area (Å²) in [6.07, 6.45) is 2.97. The fourth-order valence-electron chi connectivity index (χ4n) is 2.51. The first-order valence-electron chi connectivity index (χ1n) is 6.63. The van der Waals surface area contributed by atoms with Crippen molar-refractivity contribution in [1.82, 2.24) is 15.3 Å². The van der Waals surface area contributed by atoms with Crippen molar-refractivity contribution in [1.29, 1.82) is 0 Å². The Morgan fingerprint density at radius 2 is 2.42 bits per heavy atom. The monoisotopic (exact) mass is 275 g/mol. The predicted octanol–water partition coefficient (Wildman–Crippen LogP) is 1.89. The van der Waals surface area contributed by atoms with Gasteiger partial charge in [0, 0.05) is 24.9 Å². The van der Waals surface area contributed by atoms with E-state index < -0.39 is 0 Å². The molecule has 2 aromatic rings. The number of thiophene rings is 1. The van der Waals surface area contributed by atoms with Crippen molar-refractivity contribution in [3.63, 3.8) is 0 Å². The van der Waals surface area contributed by atoms with Crippen molar-refractivity contribution in [2.75, 3.05) is 13.1 Å². The number of nitrogens with one attached hydrogen (secondary N) is 2. The van der Waals surface area contributed by atoms with Crippen LogP contribution in [0, 0.1) is 0 Å². The van der Waals surface area contributed by atoms with Crippen LogP contribution in [0.5, 0.6) is 0 Å². The number of aromatic amines is 1. The molecular formula is C14H17N3OS. The topological polar surface area (TPSA) is 57.8 Å². The van der Waals surface area contributed by atoms with E-state index >= 15 is 0 Å². The second-order valence-electron chi connectivity index (χ2n) is 4.97. The number of aromatic nitrogens is 2. The van der Waals surface area contributed by atoms with E-state index in [0.717, 1.165) is 37.4 Å². The molecule has 1 saturated heterocycles. The Labute approximate surface area is 115 Å². The summed E-state index contributed by atoms with van der Waals surface area (Å²) in [6.45, 7) is 2.00. The van der Waals surface area contributed by atoms with Gasteiger partial charge in [-0.25, -0.2) is 4.98 Å². The number of hydrogen-bond donors (Lipinski definition) is 2. The molecular weight excluding hydrogens is 258 g/mol. The summed E-state index contributed by atoms with van der Waals surface area (Å²) >= 11 is 1.67. The molecule has 0 unspecified atom stereocenters. The van der Waals surface area contributed by atoms with Gasteiger partial charge in [0.05, 0.1) is 5.69 Å². The normalized spacial score (nSPS) is 19.5. The van der Waals surface area contributed by atoms with Gasteiger partial charge in [-0.05, 0) is 41.8 Å². The molecule has 2 N–H and O–H groups in total. The van der Waals surface area contributed by atoms with Gasteiger partial charge in [0.2, 0.25) is 0 Å². The van der Waals surface area contributed by atoms with Gasteiger partial charge in [0.25, 0.3) is 5.56 Å². The molecule has 100 valence electrons.